The highest BCUT2D eigenvalue weighted by Gasteiger charge is 2.15. The molecule has 2 aromatic heterocycles. The van der Waals surface area contributed by atoms with Gasteiger partial charge in [0.15, 0.2) is 5.76 Å². The molecule has 0 saturated carbocycles. The van der Waals surface area contributed by atoms with Gasteiger partial charge in [0, 0.05) is 6.07 Å². The van der Waals surface area contributed by atoms with Crippen LogP contribution in [-0.4, -0.2) is 15.2 Å². The second kappa shape index (κ2) is 3.99. The van der Waals surface area contributed by atoms with Crippen molar-refractivity contribution in [1.82, 2.24) is 10.1 Å². The van der Waals surface area contributed by atoms with Gasteiger partial charge in [0.2, 0.25) is 5.82 Å². The van der Waals surface area contributed by atoms with Gasteiger partial charge in [-0.2, -0.15) is 4.98 Å². The Bertz CT molecular complexity index is 676. The Morgan fingerprint density at radius 2 is 2.11 bits per heavy atom. The summed E-state index contributed by atoms with van der Waals surface area (Å²) in [7, 11) is 0. The second-order valence-electron chi connectivity index (χ2n) is 3.56. The van der Waals surface area contributed by atoms with E-state index in [-0.39, 0.29) is 23.0 Å². The van der Waals surface area contributed by atoms with Gasteiger partial charge in [-0.1, -0.05) is 5.16 Å². The van der Waals surface area contributed by atoms with E-state index in [1.54, 1.807) is 12.1 Å². The molecular formula is C12H7FN2O3. The average molecular weight is 246 g/mol. The van der Waals surface area contributed by atoms with Crippen LogP contribution in [0.1, 0.15) is 0 Å². The number of halogens is 1. The molecular weight excluding hydrogens is 239 g/mol. The molecule has 18 heavy (non-hydrogen) atoms. The van der Waals surface area contributed by atoms with Crippen LogP contribution in [-0.2, 0) is 0 Å². The van der Waals surface area contributed by atoms with E-state index in [0.717, 1.165) is 6.07 Å². The number of rotatable bonds is 2. The zero-order valence-corrected chi connectivity index (χ0v) is 9.00. The van der Waals surface area contributed by atoms with Crippen LogP contribution in [0.4, 0.5) is 4.39 Å². The van der Waals surface area contributed by atoms with Crippen molar-refractivity contribution in [3.05, 3.63) is 42.4 Å². The molecule has 0 fully saturated rings. The van der Waals surface area contributed by atoms with E-state index in [1.165, 1.54) is 18.4 Å². The van der Waals surface area contributed by atoms with Gasteiger partial charge in [-0.3, -0.25) is 0 Å². The summed E-state index contributed by atoms with van der Waals surface area (Å²) < 4.78 is 23.0. The number of benzene rings is 1. The number of hydrogen-bond donors (Lipinski definition) is 1. The molecule has 6 heteroatoms. The molecule has 0 spiro atoms. The second-order valence-corrected chi connectivity index (χ2v) is 3.56. The van der Waals surface area contributed by atoms with Crippen molar-refractivity contribution >= 4 is 0 Å². The third kappa shape index (κ3) is 1.73. The molecule has 0 radical (unpaired) electrons. The quantitative estimate of drug-likeness (QED) is 0.752. The monoisotopic (exact) mass is 246 g/mol. The molecule has 0 unspecified atom stereocenters. The summed E-state index contributed by atoms with van der Waals surface area (Å²) in [6.07, 6.45) is 1.49. The first-order chi connectivity index (χ1) is 8.74. The predicted molar refractivity (Wildman–Crippen MR) is 59.1 cm³/mol. The van der Waals surface area contributed by atoms with E-state index in [0.29, 0.717) is 5.76 Å². The average Bonchev–Trinajstić information content (AvgIpc) is 2.99. The molecule has 0 amide bonds. The fourth-order valence-electron chi connectivity index (χ4n) is 1.52. The van der Waals surface area contributed by atoms with Crippen LogP contribution in [0, 0.1) is 5.82 Å². The lowest BCUT2D eigenvalue weighted by atomic mass is 10.2. The highest BCUT2D eigenvalue weighted by Crippen LogP contribution is 2.29. The highest BCUT2D eigenvalue weighted by molar-refractivity contribution is 5.63. The minimum atomic E-state index is -0.540. The Hall–Kier alpha value is -2.63. The normalized spacial score (nSPS) is 10.7. The minimum absolute atomic E-state index is 0.0962. The van der Waals surface area contributed by atoms with Gasteiger partial charge in [-0.25, -0.2) is 4.39 Å². The Balaban J connectivity index is 2.03. The van der Waals surface area contributed by atoms with Crippen molar-refractivity contribution in [3.63, 3.8) is 0 Å². The van der Waals surface area contributed by atoms with Crippen LogP contribution in [0.2, 0.25) is 0 Å². The molecule has 1 aromatic carbocycles. The summed E-state index contributed by atoms with van der Waals surface area (Å²) in [5, 5.41) is 13.3. The van der Waals surface area contributed by atoms with E-state index in [9.17, 15) is 9.50 Å². The number of nitrogens with zero attached hydrogens (tertiary/aromatic N) is 2. The maximum Gasteiger partial charge on any atom is 0.262 e. The van der Waals surface area contributed by atoms with Gasteiger partial charge in [-0.05, 0) is 24.3 Å². The lowest BCUT2D eigenvalue weighted by molar-refractivity contribution is 0.422. The summed E-state index contributed by atoms with van der Waals surface area (Å²) >= 11 is 0. The lowest BCUT2D eigenvalue weighted by Gasteiger charge is -1.97. The first-order valence-electron chi connectivity index (χ1n) is 5.10. The molecule has 0 aliphatic carbocycles. The molecule has 3 rings (SSSR count). The van der Waals surface area contributed by atoms with Gasteiger partial charge >= 0.3 is 0 Å². The molecule has 0 aliphatic heterocycles. The first-order valence-corrected chi connectivity index (χ1v) is 5.10. The van der Waals surface area contributed by atoms with Crippen molar-refractivity contribution in [3.8, 4) is 28.8 Å². The molecule has 0 bridgehead atoms. The highest BCUT2D eigenvalue weighted by atomic mass is 19.1. The molecule has 0 saturated heterocycles. The number of phenols is 1. The molecule has 2 heterocycles. The Labute approximate surface area is 100 Å². The number of phenolic OH excluding ortho intramolecular Hbond substituents is 1. The van der Waals surface area contributed by atoms with Crippen LogP contribution in [0.3, 0.4) is 0 Å². The van der Waals surface area contributed by atoms with Crippen LogP contribution in [0.5, 0.6) is 5.75 Å². The van der Waals surface area contributed by atoms with Crippen molar-refractivity contribution in [1.29, 1.82) is 0 Å². The summed E-state index contributed by atoms with van der Waals surface area (Å²) in [6, 6.07) is 6.92. The van der Waals surface area contributed by atoms with Crippen molar-refractivity contribution < 1.29 is 18.4 Å². The zero-order valence-electron chi connectivity index (χ0n) is 9.00. The van der Waals surface area contributed by atoms with E-state index in [1.807, 2.05) is 0 Å². The Morgan fingerprint density at radius 1 is 1.22 bits per heavy atom. The van der Waals surface area contributed by atoms with Gasteiger partial charge in [-0.15, -0.1) is 0 Å². The van der Waals surface area contributed by atoms with Gasteiger partial charge in [0.25, 0.3) is 5.89 Å². The molecule has 5 nitrogen and oxygen atoms in total. The first kappa shape index (κ1) is 10.5. The summed E-state index contributed by atoms with van der Waals surface area (Å²) in [6.45, 7) is 0. The molecule has 0 atom stereocenters. The smallest absolute Gasteiger partial charge is 0.262 e. The summed E-state index contributed by atoms with van der Waals surface area (Å²) in [4.78, 5) is 4.06. The van der Waals surface area contributed by atoms with E-state index >= 15 is 0 Å². The van der Waals surface area contributed by atoms with Gasteiger partial charge in [0.1, 0.15) is 11.6 Å². The van der Waals surface area contributed by atoms with Gasteiger partial charge in [0.05, 0.1) is 11.8 Å². The SMILES string of the molecule is Oc1cc(F)ccc1-c1nc(-c2ccco2)no1. The maximum absolute atomic E-state index is 12.9. The molecule has 0 aliphatic rings. The van der Waals surface area contributed by atoms with Crippen molar-refractivity contribution in [2.45, 2.75) is 0 Å². The number of furan rings is 1. The predicted octanol–water partition coefficient (Wildman–Crippen LogP) is 2.84. The summed E-state index contributed by atoms with van der Waals surface area (Å²) in [5.74, 6) is 0.0101. The Kier molecular flexibility index (Phi) is 2.33. The lowest BCUT2D eigenvalue weighted by Crippen LogP contribution is -1.82. The summed E-state index contributed by atoms with van der Waals surface area (Å²) in [5.41, 5.74) is 0.265. The molecule has 90 valence electrons. The standard InChI is InChI=1S/C12H7FN2O3/c13-7-3-4-8(9(16)6-7)12-14-11(15-18-12)10-2-1-5-17-10/h1-6,16H. The minimum Gasteiger partial charge on any atom is -0.507 e. The fraction of sp³-hybridized carbons (Fsp3) is 0. The van der Waals surface area contributed by atoms with Crippen LogP contribution >= 0.6 is 0 Å². The third-order valence-electron chi connectivity index (χ3n) is 2.36. The number of aromatic nitrogens is 2. The van der Waals surface area contributed by atoms with Crippen LogP contribution in [0.15, 0.2) is 45.5 Å². The topological polar surface area (TPSA) is 72.3 Å². The van der Waals surface area contributed by atoms with Crippen LogP contribution in [0.25, 0.3) is 23.0 Å². The van der Waals surface area contributed by atoms with E-state index in [2.05, 4.69) is 10.1 Å². The molecule has 3 aromatic rings. The third-order valence-corrected chi connectivity index (χ3v) is 2.36. The van der Waals surface area contributed by atoms with Gasteiger partial charge < -0.3 is 14.0 Å². The van der Waals surface area contributed by atoms with Crippen molar-refractivity contribution in [2.24, 2.45) is 0 Å². The number of aromatic hydroxyl groups is 1. The Morgan fingerprint density at radius 3 is 2.83 bits per heavy atom. The maximum atomic E-state index is 12.9. The van der Waals surface area contributed by atoms with Crippen LogP contribution < -0.4 is 0 Å². The molecule has 1 N–H and O–H groups in total. The van der Waals surface area contributed by atoms with Crippen molar-refractivity contribution in [2.75, 3.05) is 0 Å². The van der Waals surface area contributed by atoms with E-state index in [4.69, 9.17) is 8.94 Å². The fourth-order valence-corrected chi connectivity index (χ4v) is 1.52. The zero-order chi connectivity index (χ0) is 12.5. The number of hydrogen-bond acceptors (Lipinski definition) is 5. The largest absolute Gasteiger partial charge is 0.507 e. The van der Waals surface area contributed by atoms with E-state index < -0.39 is 5.82 Å².